The summed E-state index contributed by atoms with van der Waals surface area (Å²) >= 11 is 9.30. The lowest BCUT2D eigenvalue weighted by Gasteiger charge is -2.14. The molecule has 1 atom stereocenters. The summed E-state index contributed by atoms with van der Waals surface area (Å²) in [6, 6.07) is 13.4. The molecule has 0 aromatic heterocycles. The standard InChI is InChI=1S/C15H15BrClNO/c1-10(18)14-7-4-12(16)8-15(14)19-9-11-2-5-13(17)6-3-11/h2-8,10H,9,18H2,1H3. The zero-order valence-electron chi connectivity index (χ0n) is 10.6. The van der Waals surface area contributed by atoms with Crippen LogP contribution in [-0.2, 0) is 6.61 Å². The Kier molecular flexibility index (Phi) is 4.86. The van der Waals surface area contributed by atoms with E-state index in [1.807, 2.05) is 49.4 Å². The lowest BCUT2D eigenvalue weighted by Crippen LogP contribution is -2.08. The van der Waals surface area contributed by atoms with Crippen LogP contribution in [-0.4, -0.2) is 0 Å². The third-order valence-corrected chi connectivity index (χ3v) is 3.52. The van der Waals surface area contributed by atoms with Crippen LogP contribution in [0, 0.1) is 0 Å². The summed E-state index contributed by atoms with van der Waals surface area (Å²) in [5.74, 6) is 0.805. The minimum absolute atomic E-state index is 0.0617. The van der Waals surface area contributed by atoms with Gasteiger partial charge in [0.15, 0.2) is 0 Å². The van der Waals surface area contributed by atoms with Gasteiger partial charge in [-0.2, -0.15) is 0 Å². The van der Waals surface area contributed by atoms with Crippen molar-refractivity contribution in [1.29, 1.82) is 0 Å². The van der Waals surface area contributed by atoms with Crippen LogP contribution in [0.15, 0.2) is 46.9 Å². The normalized spacial score (nSPS) is 12.2. The first-order valence-electron chi connectivity index (χ1n) is 5.98. The molecule has 100 valence electrons. The Hall–Kier alpha value is -1.03. The Morgan fingerprint density at radius 1 is 1.21 bits per heavy atom. The van der Waals surface area contributed by atoms with Crippen LogP contribution in [0.2, 0.25) is 5.02 Å². The monoisotopic (exact) mass is 339 g/mol. The first-order valence-corrected chi connectivity index (χ1v) is 7.15. The van der Waals surface area contributed by atoms with Gasteiger partial charge in [-0.15, -0.1) is 0 Å². The molecule has 1 unspecified atom stereocenters. The van der Waals surface area contributed by atoms with Gasteiger partial charge in [-0.25, -0.2) is 0 Å². The predicted octanol–water partition coefficient (Wildman–Crippen LogP) is 4.70. The van der Waals surface area contributed by atoms with E-state index in [1.54, 1.807) is 0 Å². The van der Waals surface area contributed by atoms with E-state index >= 15 is 0 Å². The minimum atomic E-state index is -0.0617. The number of nitrogens with two attached hydrogens (primary N) is 1. The Morgan fingerprint density at radius 2 is 1.89 bits per heavy atom. The second-order valence-electron chi connectivity index (χ2n) is 4.39. The van der Waals surface area contributed by atoms with Gasteiger partial charge in [0.25, 0.3) is 0 Å². The van der Waals surface area contributed by atoms with Gasteiger partial charge in [0.1, 0.15) is 12.4 Å². The summed E-state index contributed by atoms with van der Waals surface area (Å²) in [4.78, 5) is 0. The topological polar surface area (TPSA) is 35.2 Å². The molecule has 2 aromatic carbocycles. The molecule has 2 nitrogen and oxygen atoms in total. The number of halogens is 2. The maximum atomic E-state index is 5.94. The number of hydrogen-bond acceptors (Lipinski definition) is 2. The number of ether oxygens (including phenoxy) is 1. The lowest BCUT2D eigenvalue weighted by molar-refractivity contribution is 0.301. The molecule has 2 N–H and O–H groups in total. The molecule has 0 fully saturated rings. The molecule has 0 aliphatic carbocycles. The van der Waals surface area contributed by atoms with Crippen LogP contribution in [0.3, 0.4) is 0 Å². The Morgan fingerprint density at radius 3 is 2.53 bits per heavy atom. The third-order valence-electron chi connectivity index (χ3n) is 2.77. The van der Waals surface area contributed by atoms with Crippen LogP contribution in [0.4, 0.5) is 0 Å². The highest BCUT2D eigenvalue weighted by Gasteiger charge is 2.09. The molecule has 0 bridgehead atoms. The smallest absolute Gasteiger partial charge is 0.125 e. The van der Waals surface area contributed by atoms with Gasteiger partial charge in [0.2, 0.25) is 0 Å². The van der Waals surface area contributed by atoms with Gasteiger partial charge >= 0.3 is 0 Å². The van der Waals surface area contributed by atoms with E-state index in [4.69, 9.17) is 22.1 Å². The lowest BCUT2D eigenvalue weighted by atomic mass is 10.1. The molecule has 0 spiro atoms. The van der Waals surface area contributed by atoms with Crippen molar-refractivity contribution >= 4 is 27.5 Å². The average Bonchev–Trinajstić information content (AvgIpc) is 2.38. The van der Waals surface area contributed by atoms with Gasteiger partial charge in [0, 0.05) is 21.1 Å². The summed E-state index contributed by atoms with van der Waals surface area (Å²) in [6.45, 7) is 2.44. The molecule has 0 amide bonds. The molecule has 2 aromatic rings. The zero-order valence-corrected chi connectivity index (χ0v) is 12.9. The highest BCUT2D eigenvalue weighted by atomic mass is 79.9. The van der Waals surface area contributed by atoms with Crippen LogP contribution in [0.1, 0.15) is 24.1 Å². The summed E-state index contributed by atoms with van der Waals surface area (Å²) in [6.07, 6.45) is 0. The fourth-order valence-electron chi connectivity index (χ4n) is 1.75. The molecule has 0 radical (unpaired) electrons. The van der Waals surface area contributed by atoms with Gasteiger partial charge in [-0.1, -0.05) is 45.7 Å². The van der Waals surface area contributed by atoms with E-state index < -0.39 is 0 Å². The third kappa shape index (κ3) is 3.96. The second-order valence-corrected chi connectivity index (χ2v) is 5.74. The van der Waals surface area contributed by atoms with Crippen molar-refractivity contribution in [2.24, 2.45) is 5.73 Å². The fourth-order valence-corrected chi connectivity index (χ4v) is 2.22. The molecule has 4 heteroatoms. The Bertz CT molecular complexity index is 555. The van der Waals surface area contributed by atoms with Crippen molar-refractivity contribution in [3.63, 3.8) is 0 Å². The summed E-state index contributed by atoms with van der Waals surface area (Å²) < 4.78 is 6.83. The van der Waals surface area contributed by atoms with Crippen LogP contribution in [0.25, 0.3) is 0 Å². The van der Waals surface area contributed by atoms with Crippen molar-refractivity contribution in [3.05, 3.63) is 63.1 Å². The Balaban J connectivity index is 2.14. The zero-order chi connectivity index (χ0) is 13.8. The quantitative estimate of drug-likeness (QED) is 0.875. The summed E-state index contributed by atoms with van der Waals surface area (Å²) in [5.41, 5.74) is 8.01. The van der Waals surface area contributed by atoms with E-state index in [9.17, 15) is 0 Å². The molecule has 0 saturated carbocycles. The fraction of sp³-hybridized carbons (Fsp3) is 0.200. The van der Waals surface area contributed by atoms with E-state index in [2.05, 4.69) is 15.9 Å². The van der Waals surface area contributed by atoms with Crippen molar-refractivity contribution in [1.82, 2.24) is 0 Å². The largest absolute Gasteiger partial charge is 0.489 e. The van der Waals surface area contributed by atoms with Crippen LogP contribution < -0.4 is 10.5 Å². The van der Waals surface area contributed by atoms with E-state index in [-0.39, 0.29) is 6.04 Å². The van der Waals surface area contributed by atoms with E-state index in [0.29, 0.717) is 6.61 Å². The van der Waals surface area contributed by atoms with Crippen molar-refractivity contribution in [2.45, 2.75) is 19.6 Å². The average molecular weight is 341 g/mol. The predicted molar refractivity (Wildman–Crippen MR) is 82.5 cm³/mol. The van der Waals surface area contributed by atoms with Gasteiger partial charge in [0.05, 0.1) is 0 Å². The highest BCUT2D eigenvalue weighted by molar-refractivity contribution is 9.10. The van der Waals surface area contributed by atoms with Gasteiger partial charge in [-0.3, -0.25) is 0 Å². The SMILES string of the molecule is CC(N)c1ccc(Br)cc1OCc1ccc(Cl)cc1. The molecular formula is C15H15BrClNO. The minimum Gasteiger partial charge on any atom is -0.489 e. The number of rotatable bonds is 4. The highest BCUT2D eigenvalue weighted by Crippen LogP contribution is 2.28. The first kappa shape index (κ1) is 14.4. The second kappa shape index (κ2) is 6.42. The summed E-state index contributed by atoms with van der Waals surface area (Å²) in [5, 5.41) is 0.725. The summed E-state index contributed by atoms with van der Waals surface area (Å²) in [7, 11) is 0. The van der Waals surface area contributed by atoms with Crippen molar-refractivity contribution < 1.29 is 4.74 Å². The molecule has 0 heterocycles. The molecule has 0 aliphatic rings. The number of hydrogen-bond donors (Lipinski definition) is 1. The first-order chi connectivity index (χ1) is 9.06. The van der Waals surface area contributed by atoms with Crippen molar-refractivity contribution in [2.75, 3.05) is 0 Å². The van der Waals surface area contributed by atoms with Crippen LogP contribution in [0.5, 0.6) is 5.75 Å². The molecular weight excluding hydrogens is 326 g/mol. The van der Waals surface area contributed by atoms with Gasteiger partial charge in [-0.05, 0) is 36.8 Å². The molecule has 0 aliphatic heterocycles. The maximum absolute atomic E-state index is 5.94. The van der Waals surface area contributed by atoms with E-state index in [0.717, 1.165) is 26.4 Å². The maximum Gasteiger partial charge on any atom is 0.125 e. The van der Waals surface area contributed by atoms with Gasteiger partial charge < -0.3 is 10.5 Å². The van der Waals surface area contributed by atoms with Crippen molar-refractivity contribution in [3.8, 4) is 5.75 Å². The molecule has 2 rings (SSSR count). The van der Waals surface area contributed by atoms with Crippen LogP contribution >= 0.6 is 27.5 Å². The number of benzene rings is 2. The molecule has 19 heavy (non-hydrogen) atoms. The Labute approximate surface area is 126 Å². The molecule has 0 saturated heterocycles. The van der Waals surface area contributed by atoms with E-state index in [1.165, 1.54) is 0 Å².